The third-order valence-electron chi connectivity index (χ3n) is 2.90. The van der Waals surface area contributed by atoms with Gasteiger partial charge < -0.3 is 9.64 Å². The molecule has 0 spiro atoms. The summed E-state index contributed by atoms with van der Waals surface area (Å²) in [4.78, 5) is 2.06. The maximum atomic E-state index is 5.25. The minimum absolute atomic E-state index is 0.605. The van der Waals surface area contributed by atoms with Gasteiger partial charge in [0, 0.05) is 32.5 Å². The van der Waals surface area contributed by atoms with Gasteiger partial charge in [0.1, 0.15) is 0 Å². The quantitative estimate of drug-likeness (QED) is 0.853. The maximum absolute atomic E-state index is 5.25. The molecule has 1 N–H and O–H groups in total. The zero-order valence-corrected chi connectivity index (χ0v) is 12.2. The lowest BCUT2D eigenvalue weighted by Gasteiger charge is -2.13. The lowest BCUT2D eigenvalue weighted by molar-refractivity contribution is 0.187. The predicted octanol–water partition coefficient (Wildman–Crippen LogP) is 2.32. The van der Waals surface area contributed by atoms with Crippen molar-refractivity contribution in [1.82, 2.24) is 14.8 Å². The van der Waals surface area contributed by atoms with Gasteiger partial charge in [-0.15, -0.1) is 0 Å². The molecule has 0 aliphatic heterocycles. The Kier molecular flexibility index (Phi) is 4.34. The highest BCUT2D eigenvalue weighted by atomic mass is 32.1. The molecule has 1 aromatic carbocycles. The van der Waals surface area contributed by atoms with E-state index >= 15 is 0 Å². The number of hydrogen-bond acceptors (Lipinski definition) is 4. The van der Waals surface area contributed by atoms with Crippen LogP contribution in [0.25, 0.3) is 11.4 Å². The molecule has 19 heavy (non-hydrogen) atoms. The molecule has 1 heterocycles. The highest BCUT2D eigenvalue weighted by Crippen LogP contribution is 2.22. The fraction of sp³-hybridized carbons (Fsp3) is 0.385. The number of aromatic nitrogens is 3. The smallest absolute Gasteiger partial charge is 0.195 e. The first-order valence-corrected chi connectivity index (χ1v) is 6.46. The molecule has 1 aromatic heterocycles. The molecule has 0 saturated heterocycles. The number of H-pyrrole nitrogens is 1. The van der Waals surface area contributed by atoms with Crippen molar-refractivity contribution in [3.8, 4) is 11.4 Å². The lowest BCUT2D eigenvalue weighted by atomic mass is 10.2. The largest absolute Gasteiger partial charge is 0.383 e. The molecule has 2 rings (SSSR count). The Hall–Kier alpha value is -1.66. The molecule has 0 saturated carbocycles. The van der Waals surface area contributed by atoms with E-state index in [0.29, 0.717) is 17.9 Å². The third-order valence-corrected chi connectivity index (χ3v) is 3.21. The first-order chi connectivity index (χ1) is 9.13. The fourth-order valence-electron chi connectivity index (χ4n) is 1.85. The summed E-state index contributed by atoms with van der Waals surface area (Å²) >= 11 is 5.25. The van der Waals surface area contributed by atoms with Crippen molar-refractivity contribution in [1.29, 1.82) is 0 Å². The number of nitrogens with one attached hydrogen (secondary N) is 1. The first-order valence-electron chi connectivity index (χ1n) is 6.05. The molecule has 2 aromatic rings. The van der Waals surface area contributed by atoms with Gasteiger partial charge in [0.25, 0.3) is 0 Å². The molecular weight excluding hydrogens is 260 g/mol. The van der Waals surface area contributed by atoms with Crippen LogP contribution in [0.4, 0.5) is 5.69 Å². The fourth-order valence-corrected chi connectivity index (χ4v) is 2.07. The Labute approximate surface area is 117 Å². The zero-order valence-electron chi connectivity index (χ0n) is 11.4. The van der Waals surface area contributed by atoms with Gasteiger partial charge in [0.15, 0.2) is 10.6 Å². The molecular formula is C13H18N4OS. The Morgan fingerprint density at radius 2 is 2.21 bits per heavy atom. The summed E-state index contributed by atoms with van der Waals surface area (Å²) in [6, 6.07) is 8.20. The van der Waals surface area contributed by atoms with E-state index in [9.17, 15) is 0 Å². The number of ether oxygens (including phenoxy) is 1. The van der Waals surface area contributed by atoms with Crippen LogP contribution in [-0.4, -0.2) is 42.6 Å². The summed E-state index contributed by atoms with van der Waals surface area (Å²) in [5.41, 5.74) is 2.17. The van der Waals surface area contributed by atoms with Gasteiger partial charge in [0.2, 0.25) is 0 Å². The van der Waals surface area contributed by atoms with Crippen molar-refractivity contribution in [2.75, 3.05) is 32.7 Å². The van der Waals surface area contributed by atoms with Crippen molar-refractivity contribution in [2.45, 2.75) is 6.54 Å². The molecule has 0 aliphatic carbocycles. The summed E-state index contributed by atoms with van der Waals surface area (Å²) in [5, 5.41) is 7.15. The molecule has 0 aliphatic rings. The average Bonchev–Trinajstić information content (AvgIpc) is 2.78. The van der Waals surface area contributed by atoms with Crippen LogP contribution in [0.2, 0.25) is 0 Å². The lowest BCUT2D eigenvalue weighted by Crippen LogP contribution is -2.09. The number of aromatic amines is 1. The molecule has 0 amide bonds. The molecule has 0 radical (unpaired) electrons. The summed E-state index contributed by atoms with van der Waals surface area (Å²) in [6.45, 7) is 1.29. The van der Waals surface area contributed by atoms with Crippen LogP contribution in [0, 0.1) is 4.77 Å². The number of rotatable bonds is 5. The summed E-state index contributed by atoms with van der Waals surface area (Å²) in [6.07, 6.45) is 0. The second-order valence-corrected chi connectivity index (χ2v) is 4.83. The van der Waals surface area contributed by atoms with Crippen LogP contribution in [0.1, 0.15) is 0 Å². The van der Waals surface area contributed by atoms with Crippen LogP contribution in [0.5, 0.6) is 0 Å². The first kappa shape index (κ1) is 13.8. The summed E-state index contributed by atoms with van der Waals surface area (Å²) in [5.74, 6) is 0.839. The van der Waals surface area contributed by atoms with Crippen LogP contribution < -0.4 is 4.90 Å². The normalized spacial score (nSPS) is 10.7. The van der Waals surface area contributed by atoms with E-state index in [1.165, 1.54) is 0 Å². The summed E-state index contributed by atoms with van der Waals surface area (Å²) in [7, 11) is 5.71. The minimum Gasteiger partial charge on any atom is -0.383 e. The van der Waals surface area contributed by atoms with Crippen LogP contribution in [-0.2, 0) is 11.3 Å². The van der Waals surface area contributed by atoms with Crippen LogP contribution in [0.3, 0.4) is 0 Å². The highest BCUT2D eigenvalue weighted by molar-refractivity contribution is 7.71. The number of nitrogens with zero attached hydrogens (tertiary/aromatic N) is 3. The highest BCUT2D eigenvalue weighted by Gasteiger charge is 2.09. The van der Waals surface area contributed by atoms with Gasteiger partial charge >= 0.3 is 0 Å². The predicted molar refractivity (Wildman–Crippen MR) is 79.1 cm³/mol. The number of methoxy groups -OCH3 is 1. The average molecular weight is 278 g/mol. The SMILES string of the molecule is COCCn1c(-c2cccc(N(C)C)c2)n[nH]c1=S. The van der Waals surface area contributed by atoms with Gasteiger partial charge in [-0.2, -0.15) is 5.10 Å². The maximum Gasteiger partial charge on any atom is 0.195 e. The Morgan fingerprint density at radius 1 is 1.42 bits per heavy atom. The van der Waals surface area contributed by atoms with Gasteiger partial charge in [-0.1, -0.05) is 12.1 Å². The molecule has 0 bridgehead atoms. The van der Waals surface area contributed by atoms with E-state index < -0.39 is 0 Å². The Balaban J connectivity index is 2.41. The van der Waals surface area contributed by atoms with E-state index in [-0.39, 0.29) is 0 Å². The topological polar surface area (TPSA) is 46.1 Å². The van der Waals surface area contributed by atoms with Gasteiger partial charge in [-0.25, -0.2) is 0 Å². The molecule has 0 unspecified atom stereocenters. The second-order valence-electron chi connectivity index (χ2n) is 4.44. The van der Waals surface area contributed by atoms with Gasteiger partial charge in [0.05, 0.1) is 13.2 Å². The van der Waals surface area contributed by atoms with Crippen molar-refractivity contribution in [3.63, 3.8) is 0 Å². The van der Waals surface area contributed by atoms with Gasteiger partial charge in [-0.05, 0) is 24.4 Å². The number of anilines is 1. The third kappa shape index (κ3) is 3.02. The van der Waals surface area contributed by atoms with Crippen LogP contribution >= 0.6 is 12.2 Å². The van der Waals surface area contributed by atoms with Crippen molar-refractivity contribution in [3.05, 3.63) is 29.0 Å². The number of hydrogen-bond donors (Lipinski definition) is 1. The molecule has 0 atom stereocenters. The molecule has 5 nitrogen and oxygen atoms in total. The second kappa shape index (κ2) is 5.99. The molecule has 102 valence electrons. The van der Waals surface area contributed by atoms with E-state index in [4.69, 9.17) is 17.0 Å². The standard InChI is InChI=1S/C13H18N4OS/c1-16(2)11-6-4-5-10(9-11)12-14-15-13(19)17(12)7-8-18-3/h4-6,9H,7-8H2,1-3H3,(H,15,19). The van der Waals surface area contributed by atoms with Crippen molar-refractivity contribution >= 4 is 17.9 Å². The van der Waals surface area contributed by atoms with E-state index in [1.54, 1.807) is 7.11 Å². The molecule has 6 heteroatoms. The Bertz CT molecular complexity index is 603. The van der Waals surface area contributed by atoms with Crippen molar-refractivity contribution in [2.24, 2.45) is 0 Å². The summed E-state index contributed by atoms with van der Waals surface area (Å²) < 4.78 is 7.67. The Morgan fingerprint density at radius 3 is 2.89 bits per heavy atom. The van der Waals surface area contributed by atoms with Gasteiger partial charge in [-0.3, -0.25) is 9.67 Å². The minimum atomic E-state index is 0.605. The van der Waals surface area contributed by atoms with E-state index in [0.717, 1.165) is 17.1 Å². The van der Waals surface area contributed by atoms with E-state index in [1.807, 2.05) is 30.8 Å². The monoisotopic (exact) mass is 278 g/mol. The molecule has 0 fully saturated rings. The van der Waals surface area contributed by atoms with E-state index in [2.05, 4.69) is 27.2 Å². The number of benzene rings is 1. The zero-order chi connectivity index (χ0) is 13.8. The van der Waals surface area contributed by atoms with Crippen LogP contribution in [0.15, 0.2) is 24.3 Å². The van der Waals surface area contributed by atoms with Crippen molar-refractivity contribution < 1.29 is 4.74 Å².